The molecule has 0 amide bonds. The van der Waals surface area contributed by atoms with Crippen LogP contribution in [0, 0.1) is 5.92 Å². The first-order valence-electron chi connectivity index (χ1n) is 8.53. The molecule has 0 aliphatic heterocycles. The third-order valence-corrected chi connectivity index (χ3v) is 3.88. The van der Waals surface area contributed by atoms with Gasteiger partial charge in [-0.05, 0) is 31.4 Å². The molecular formula is C18H29N5. The van der Waals surface area contributed by atoms with E-state index in [0.717, 1.165) is 30.1 Å². The minimum atomic E-state index is 0.368. The number of imidazole rings is 1. The Morgan fingerprint density at radius 3 is 2.87 bits per heavy atom. The van der Waals surface area contributed by atoms with Crippen LogP contribution >= 0.6 is 0 Å². The summed E-state index contributed by atoms with van der Waals surface area (Å²) in [5, 5.41) is 3.27. The molecule has 5 heteroatoms. The lowest BCUT2D eigenvalue weighted by Gasteiger charge is -2.14. The van der Waals surface area contributed by atoms with Crippen LogP contribution in [-0.2, 0) is 6.42 Å². The Balaban J connectivity index is 1.73. The van der Waals surface area contributed by atoms with E-state index in [1.165, 1.54) is 12.8 Å². The lowest BCUT2D eigenvalue weighted by molar-refractivity contribution is 0.493. The Morgan fingerprint density at radius 1 is 1.30 bits per heavy atom. The van der Waals surface area contributed by atoms with Crippen LogP contribution in [0.2, 0.25) is 0 Å². The number of guanidine groups is 1. The highest BCUT2D eigenvalue weighted by atomic mass is 15.1. The monoisotopic (exact) mass is 315 g/mol. The van der Waals surface area contributed by atoms with E-state index in [1.807, 2.05) is 35.0 Å². The van der Waals surface area contributed by atoms with Gasteiger partial charge in [0.1, 0.15) is 5.65 Å². The summed E-state index contributed by atoms with van der Waals surface area (Å²) in [6.45, 7) is 7.33. The van der Waals surface area contributed by atoms with Crippen LogP contribution in [0.3, 0.4) is 0 Å². The Kier molecular flexibility index (Phi) is 6.44. The van der Waals surface area contributed by atoms with Crippen LogP contribution in [-0.4, -0.2) is 27.9 Å². The lowest BCUT2D eigenvalue weighted by atomic mass is 10.0. The Hall–Kier alpha value is -2.04. The molecule has 126 valence electrons. The fraction of sp³-hybridized carbons (Fsp3) is 0.556. The van der Waals surface area contributed by atoms with Gasteiger partial charge in [0.2, 0.25) is 0 Å². The topological polar surface area (TPSA) is 67.7 Å². The van der Waals surface area contributed by atoms with Gasteiger partial charge in [-0.2, -0.15) is 0 Å². The molecule has 2 rings (SSSR count). The largest absolute Gasteiger partial charge is 0.370 e. The summed E-state index contributed by atoms with van der Waals surface area (Å²) < 4.78 is 2.03. The predicted octanol–water partition coefficient (Wildman–Crippen LogP) is 3.00. The summed E-state index contributed by atoms with van der Waals surface area (Å²) in [4.78, 5) is 8.97. The lowest BCUT2D eigenvalue weighted by Crippen LogP contribution is -2.38. The highest BCUT2D eigenvalue weighted by Crippen LogP contribution is 2.08. The molecule has 0 spiro atoms. The maximum absolute atomic E-state index is 5.96. The second-order valence-corrected chi connectivity index (χ2v) is 6.59. The van der Waals surface area contributed by atoms with Gasteiger partial charge in [0.15, 0.2) is 5.96 Å². The van der Waals surface area contributed by atoms with Gasteiger partial charge in [0.05, 0.1) is 5.69 Å². The van der Waals surface area contributed by atoms with E-state index in [2.05, 4.69) is 36.1 Å². The van der Waals surface area contributed by atoms with Gasteiger partial charge in [0, 0.05) is 31.4 Å². The zero-order valence-electron chi connectivity index (χ0n) is 14.5. The normalized spacial score (nSPS) is 13.7. The molecule has 23 heavy (non-hydrogen) atoms. The van der Waals surface area contributed by atoms with Gasteiger partial charge >= 0.3 is 0 Å². The van der Waals surface area contributed by atoms with Crippen molar-refractivity contribution in [1.82, 2.24) is 14.7 Å². The van der Waals surface area contributed by atoms with E-state index < -0.39 is 0 Å². The molecule has 1 atom stereocenters. The van der Waals surface area contributed by atoms with Gasteiger partial charge in [-0.15, -0.1) is 0 Å². The van der Waals surface area contributed by atoms with Crippen LogP contribution in [0.15, 0.2) is 35.6 Å². The number of aromatic nitrogens is 2. The molecule has 2 aromatic heterocycles. The highest BCUT2D eigenvalue weighted by Gasteiger charge is 2.04. The molecule has 2 heterocycles. The number of nitrogens with one attached hydrogen (secondary N) is 1. The fourth-order valence-corrected chi connectivity index (χ4v) is 2.60. The average Bonchev–Trinajstić information content (AvgIpc) is 2.89. The van der Waals surface area contributed by atoms with Crippen LogP contribution in [0.1, 0.15) is 45.7 Å². The van der Waals surface area contributed by atoms with Gasteiger partial charge in [-0.1, -0.05) is 32.8 Å². The number of hydrogen-bond acceptors (Lipinski definition) is 2. The van der Waals surface area contributed by atoms with Crippen LogP contribution < -0.4 is 11.1 Å². The fourth-order valence-electron chi connectivity index (χ4n) is 2.60. The Bertz CT molecular complexity index is 596. The minimum Gasteiger partial charge on any atom is -0.370 e. The smallest absolute Gasteiger partial charge is 0.188 e. The Morgan fingerprint density at radius 2 is 2.13 bits per heavy atom. The van der Waals surface area contributed by atoms with E-state index in [-0.39, 0.29) is 0 Å². The molecule has 3 N–H and O–H groups in total. The van der Waals surface area contributed by atoms with Gasteiger partial charge in [-0.25, -0.2) is 4.98 Å². The van der Waals surface area contributed by atoms with E-state index in [0.29, 0.717) is 18.5 Å². The van der Waals surface area contributed by atoms with Gasteiger partial charge < -0.3 is 15.5 Å². The third-order valence-electron chi connectivity index (χ3n) is 3.88. The molecule has 0 aromatic carbocycles. The zero-order valence-corrected chi connectivity index (χ0v) is 14.5. The molecule has 1 unspecified atom stereocenters. The summed E-state index contributed by atoms with van der Waals surface area (Å²) in [6.07, 6.45) is 8.46. The first kappa shape index (κ1) is 17.3. The molecule has 5 nitrogen and oxygen atoms in total. The summed E-state index contributed by atoms with van der Waals surface area (Å²) >= 11 is 0. The highest BCUT2D eigenvalue weighted by molar-refractivity contribution is 5.78. The third kappa shape index (κ3) is 5.93. The molecular weight excluding hydrogens is 286 g/mol. The number of hydrogen-bond donors (Lipinski definition) is 2. The van der Waals surface area contributed by atoms with Crippen molar-refractivity contribution < 1.29 is 0 Å². The summed E-state index contributed by atoms with van der Waals surface area (Å²) in [5.74, 6) is 1.30. The van der Waals surface area contributed by atoms with Crippen molar-refractivity contribution in [3.8, 4) is 0 Å². The van der Waals surface area contributed by atoms with Crippen molar-refractivity contribution in [3.63, 3.8) is 0 Å². The number of rotatable bonds is 8. The van der Waals surface area contributed by atoms with Crippen LogP contribution in [0.5, 0.6) is 0 Å². The van der Waals surface area contributed by atoms with Crippen molar-refractivity contribution in [3.05, 3.63) is 36.3 Å². The number of fused-ring (bicyclic) bond motifs is 1. The number of pyridine rings is 1. The van der Waals surface area contributed by atoms with Crippen molar-refractivity contribution in [1.29, 1.82) is 0 Å². The van der Waals surface area contributed by atoms with Gasteiger partial charge in [0.25, 0.3) is 0 Å². The maximum atomic E-state index is 5.96. The van der Waals surface area contributed by atoms with Crippen molar-refractivity contribution >= 4 is 11.6 Å². The molecule has 2 aromatic rings. The molecule has 0 bridgehead atoms. The number of nitrogens with two attached hydrogens (primary N) is 1. The molecule has 0 fully saturated rings. The molecule has 0 saturated heterocycles. The molecule has 0 saturated carbocycles. The summed E-state index contributed by atoms with van der Waals surface area (Å²) in [6, 6.07) is 6.36. The quantitative estimate of drug-likeness (QED) is 0.581. The standard InChI is InChI=1S/C18H29N5/c1-14(2)7-6-8-15(3)21-18(19)20-11-10-16-13-23-12-5-4-9-17(23)22-16/h4-5,9,12-15H,6-8,10-11H2,1-3H3,(H3,19,20,21). The number of nitrogens with zero attached hydrogens (tertiary/aromatic N) is 3. The maximum Gasteiger partial charge on any atom is 0.188 e. The summed E-state index contributed by atoms with van der Waals surface area (Å²) in [7, 11) is 0. The van der Waals surface area contributed by atoms with E-state index in [9.17, 15) is 0 Å². The van der Waals surface area contributed by atoms with E-state index in [1.54, 1.807) is 0 Å². The van der Waals surface area contributed by atoms with Crippen molar-refractivity contribution in [2.45, 2.75) is 52.5 Å². The second-order valence-electron chi connectivity index (χ2n) is 6.59. The van der Waals surface area contributed by atoms with Crippen molar-refractivity contribution in [2.24, 2.45) is 16.6 Å². The Labute approximate surface area is 139 Å². The number of aliphatic imine (C=N–C) groups is 1. The van der Waals surface area contributed by atoms with Crippen molar-refractivity contribution in [2.75, 3.05) is 6.54 Å². The first-order chi connectivity index (χ1) is 11.0. The molecule has 0 aliphatic rings. The minimum absolute atomic E-state index is 0.368. The zero-order chi connectivity index (χ0) is 16.7. The van der Waals surface area contributed by atoms with Crippen LogP contribution in [0.4, 0.5) is 0 Å². The van der Waals surface area contributed by atoms with E-state index in [4.69, 9.17) is 5.73 Å². The van der Waals surface area contributed by atoms with Gasteiger partial charge in [-0.3, -0.25) is 4.99 Å². The summed E-state index contributed by atoms with van der Waals surface area (Å²) in [5.41, 5.74) is 7.97. The SMILES string of the molecule is CC(C)CCCC(C)NC(N)=NCCc1cn2ccccc2n1. The molecule has 0 radical (unpaired) electrons. The predicted molar refractivity (Wildman–Crippen MR) is 96.7 cm³/mol. The average molecular weight is 315 g/mol. The second kappa shape index (κ2) is 8.56. The first-order valence-corrected chi connectivity index (χ1v) is 8.53. The van der Waals surface area contributed by atoms with Crippen LogP contribution in [0.25, 0.3) is 5.65 Å². The van der Waals surface area contributed by atoms with E-state index >= 15 is 0 Å². The molecule has 0 aliphatic carbocycles.